The molecule has 7 nitrogen and oxygen atoms in total. The fourth-order valence-corrected chi connectivity index (χ4v) is 4.27. The minimum absolute atomic E-state index is 0.168. The predicted octanol–water partition coefficient (Wildman–Crippen LogP) is 3.82. The maximum atomic E-state index is 14.2. The maximum absolute atomic E-state index is 14.2. The molecule has 3 heterocycles. The number of carbonyl (C=O) groups is 1. The SMILES string of the molecule is CCOCc1ccc2c(c1)CC(NC(=O)c1cc3n(n1)CCC(c1ccccc1F)O3)CO2. The fraction of sp³-hybridized carbons (Fsp3) is 0.360. The molecule has 0 spiro atoms. The normalized spacial score (nSPS) is 19.1. The largest absolute Gasteiger partial charge is 0.491 e. The summed E-state index contributed by atoms with van der Waals surface area (Å²) < 4.78 is 33.1. The molecule has 2 atom stereocenters. The lowest BCUT2D eigenvalue weighted by Crippen LogP contribution is -2.42. The van der Waals surface area contributed by atoms with E-state index in [0.717, 1.165) is 16.9 Å². The van der Waals surface area contributed by atoms with Crippen LogP contribution in [0.3, 0.4) is 0 Å². The first-order valence-corrected chi connectivity index (χ1v) is 11.2. The first-order valence-electron chi connectivity index (χ1n) is 11.2. The van der Waals surface area contributed by atoms with Crippen LogP contribution in [0.4, 0.5) is 4.39 Å². The smallest absolute Gasteiger partial charge is 0.272 e. The Morgan fingerprint density at radius 2 is 2.15 bits per heavy atom. The molecule has 2 aromatic carbocycles. The average molecular weight is 451 g/mol. The lowest BCUT2D eigenvalue weighted by molar-refractivity contribution is 0.0909. The Bertz CT molecular complexity index is 1160. The second kappa shape index (κ2) is 9.23. The summed E-state index contributed by atoms with van der Waals surface area (Å²) in [6.45, 7) is 4.11. The summed E-state index contributed by atoms with van der Waals surface area (Å²) in [4.78, 5) is 12.9. The van der Waals surface area contributed by atoms with Gasteiger partial charge >= 0.3 is 0 Å². The number of ether oxygens (including phenoxy) is 3. The molecule has 0 radical (unpaired) electrons. The summed E-state index contributed by atoms with van der Waals surface area (Å²) in [6.07, 6.45) is 0.842. The number of carbonyl (C=O) groups excluding carboxylic acids is 1. The Kier molecular flexibility index (Phi) is 6.00. The second-order valence-electron chi connectivity index (χ2n) is 8.27. The topological polar surface area (TPSA) is 74.6 Å². The van der Waals surface area contributed by atoms with E-state index >= 15 is 0 Å². The van der Waals surface area contributed by atoms with Gasteiger partial charge in [0.25, 0.3) is 5.91 Å². The Morgan fingerprint density at radius 1 is 1.27 bits per heavy atom. The highest BCUT2D eigenvalue weighted by atomic mass is 19.1. The number of aryl methyl sites for hydroxylation is 1. The van der Waals surface area contributed by atoms with Gasteiger partial charge in [0, 0.05) is 31.2 Å². The van der Waals surface area contributed by atoms with Crippen molar-refractivity contribution in [3.05, 3.63) is 76.7 Å². The fourth-order valence-electron chi connectivity index (χ4n) is 4.27. The molecule has 0 saturated carbocycles. The minimum Gasteiger partial charge on any atom is -0.491 e. The van der Waals surface area contributed by atoms with E-state index in [9.17, 15) is 9.18 Å². The summed E-state index contributed by atoms with van der Waals surface area (Å²) >= 11 is 0. The third-order valence-corrected chi connectivity index (χ3v) is 5.93. The van der Waals surface area contributed by atoms with Crippen molar-refractivity contribution in [2.24, 2.45) is 0 Å². The molecule has 5 rings (SSSR count). The lowest BCUT2D eigenvalue weighted by atomic mass is 10.0. The Balaban J connectivity index is 1.24. The zero-order valence-electron chi connectivity index (χ0n) is 18.4. The number of halogens is 1. The summed E-state index contributed by atoms with van der Waals surface area (Å²) in [5.74, 6) is 0.720. The van der Waals surface area contributed by atoms with Gasteiger partial charge < -0.3 is 19.5 Å². The molecule has 2 unspecified atom stereocenters. The Morgan fingerprint density at radius 3 is 3.00 bits per heavy atom. The number of nitrogens with zero attached hydrogens (tertiary/aromatic N) is 2. The number of rotatable bonds is 6. The van der Waals surface area contributed by atoms with E-state index in [1.165, 1.54) is 6.07 Å². The van der Waals surface area contributed by atoms with Gasteiger partial charge in [0.15, 0.2) is 5.69 Å². The highest BCUT2D eigenvalue weighted by Crippen LogP contribution is 2.32. The lowest BCUT2D eigenvalue weighted by Gasteiger charge is -2.26. The molecule has 1 aromatic heterocycles. The molecule has 1 amide bonds. The Hall–Kier alpha value is -3.39. The monoisotopic (exact) mass is 451 g/mol. The van der Waals surface area contributed by atoms with Crippen LogP contribution in [-0.2, 0) is 24.3 Å². The van der Waals surface area contributed by atoms with Crippen molar-refractivity contribution in [1.29, 1.82) is 0 Å². The summed E-state index contributed by atoms with van der Waals surface area (Å²) in [7, 11) is 0. The van der Waals surface area contributed by atoms with Crippen LogP contribution < -0.4 is 14.8 Å². The first kappa shape index (κ1) is 21.5. The molecule has 8 heteroatoms. The number of nitrogens with one attached hydrogen (secondary N) is 1. The van der Waals surface area contributed by atoms with E-state index in [-0.39, 0.29) is 23.5 Å². The van der Waals surface area contributed by atoms with Crippen LogP contribution in [0.25, 0.3) is 0 Å². The van der Waals surface area contributed by atoms with Gasteiger partial charge in [-0.25, -0.2) is 9.07 Å². The predicted molar refractivity (Wildman–Crippen MR) is 119 cm³/mol. The van der Waals surface area contributed by atoms with Gasteiger partial charge in [-0.2, -0.15) is 5.10 Å². The van der Waals surface area contributed by atoms with Crippen LogP contribution in [0.15, 0.2) is 48.5 Å². The summed E-state index contributed by atoms with van der Waals surface area (Å²) in [5, 5.41) is 7.40. The molecule has 3 aromatic rings. The van der Waals surface area contributed by atoms with Gasteiger partial charge in [-0.3, -0.25) is 4.79 Å². The number of aromatic nitrogens is 2. The quantitative estimate of drug-likeness (QED) is 0.617. The highest BCUT2D eigenvalue weighted by molar-refractivity contribution is 5.92. The van der Waals surface area contributed by atoms with Gasteiger partial charge in [-0.15, -0.1) is 0 Å². The van der Waals surface area contributed by atoms with Crippen molar-refractivity contribution in [3.8, 4) is 11.6 Å². The molecular weight excluding hydrogens is 425 g/mol. The zero-order valence-corrected chi connectivity index (χ0v) is 18.4. The van der Waals surface area contributed by atoms with Gasteiger partial charge in [0.2, 0.25) is 5.88 Å². The highest BCUT2D eigenvalue weighted by Gasteiger charge is 2.28. The standard InChI is InChI=1S/C25H26FN3O4/c1-2-31-14-16-7-8-22-17(11-16)12-18(15-32-22)27-25(30)21-13-24-29(28-21)10-9-23(33-24)19-5-3-4-6-20(19)26/h3-8,11,13,18,23H,2,9-10,12,14-15H2,1H3,(H,27,30). The van der Waals surface area contributed by atoms with Crippen molar-refractivity contribution in [1.82, 2.24) is 15.1 Å². The second-order valence-corrected chi connectivity index (χ2v) is 8.27. The minimum atomic E-state index is -0.402. The van der Waals surface area contributed by atoms with E-state index in [1.807, 2.05) is 19.1 Å². The van der Waals surface area contributed by atoms with E-state index < -0.39 is 6.10 Å². The summed E-state index contributed by atoms with van der Waals surface area (Å²) in [5.41, 5.74) is 2.91. The number of benzene rings is 2. The first-order chi connectivity index (χ1) is 16.1. The van der Waals surface area contributed by atoms with Crippen LogP contribution in [0.2, 0.25) is 0 Å². The number of fused-ring (bicyclic) bond motifs is 2. The van der Waals surface area contributed by atoms with Crippen molar-refractivity contribution < 1.29 is 23.4 Å². The molecule has 0 bridgehead atoms. The van der Waals surface area contributed by atoms with Crippen molar-refractivity contribution in [3.63, 3.8) is 0 Å². The third kappa shape index (κ3) is 4.57. The van der Waals surface area contributed by atoms with E-state index in [1.54, 1.807) is 28.9 Å². The van der Waals surface area contributed by atoms with Crippen LogP contribution in [-0.4, -0.2) is 34.9 Å². The zero-order chi connectivity index (χ0) is 22.8. The maximum Gasteiger partial charge on any atom is 0.272 e. The van der Waals surface area contributed by atoms with Crippen molar-refractivity contribution in [2.45, 2.75) is 45.1 Å². The third-order valence-electron chi connectivity index (χ3n) is 5.93. The van der Waals surface area contributed by atoms with E-state index in [0.29, 0.717) is 50.7 Å². The molecular formula is C25H26FN3O4. The van der Waals surface area contributed by atoms with Crippen LogP contribution in [0, 0.1) is 5.82 Å². The van der Waals surface area contributed by atoms with Gasteiger partial charge in [-0.1, -0.05) is 24.3 Å². The van der Waals surface area contributed by atoms with Gasteiger partial charge in [-0.05, 0) is 42.7 Å². The van der Waals surface area contributed by atoms with Crippen LogP contribution in [0.1, 0.15) is 46.6 Å². The van der Waals surface area contributed by atoms with Gasteiger partial charge in [0.1, 0.15) is 24.3 Å². The van der Waals surface area contributed by atoms with Crippen molar-refractivity contribution in [2.75, 3.05) is 13.2 Å². The molecule has 0 fully saturated rings. The van der Waals surface area contributed by atoms with Crippen LogP contribution in [0.5, 0.6) is 11.6 Å². The molecule has 1 N–H and O–H groups in total. The molecule has 0 aliphatic carbocycles. The number of hydrogen-bond donors (Lipinski definition) is 1. The van der Waals surface area contributed by atoms with Gasteiger partial charge in [0.05, 0.1) is 12.6 Å². The number of hydrogen-bond acceptors (Lipinski definition) is 5. The molecule has 172 valence electrons. The van der Waals surface area contributed by atoms with Crippen LogP contribution >= 0.6 is 0 Å². The molecule has 0 saturated heterocycles. The Labute approximate surface area is 191 Å². The summed E-state index contributed by atoms with van der Waals surface area (Å²) in [6, 6.07) is 14.0. The molecule has 33 heavy (non-hydrogen) atoms. The van der Waals surface area contributed by atoms with E-state index in [4.69, 9.17) is 14.2 Å². The average Bonchev–Trinajstić information content (AvgIpc) is 3.26. The molecule has 2 aliphatic heterocycles. The van der Waals surface area contributed by atoms with Crippen molar-refractivity contribution >= 4 is 5.91 Å². The number of amides is 1. The van der Waals surface area contributed by atoms with E-state index in [2.05, 4.69) is 16.5 Å². The molecule has 2 aliphatic rings.